The fourth-order valence-corrected chi connectivity index (χ4v) is 1.64. The Kier molecular flexibility index (Phi) is 3.72. The first-order valence-electron chi connectivity index (χ1n) is 4.96. The molecule has 0 heterocycles. The second-order valence-corrected chi connectivity index (χ2v) is 5.03. The van der Waals surface area contributed by atoms with Gasteiger partial charge >= 0.3 is 0 Å². The van der Waals surface area contributed by atoms with Gasteiger partial charge in [-0.3, -0.25) is 14.9 Å². The van der Waals surface area contributed by atoms with Crippen molar-refractivity contribution in [3.05, 3.63) is 32.8 Å². The lowest BCUT2D eigenvalue weighted by Crippen LogP contribution is -2.12. The molecule has 0 unspecified atom stereocenters. The van der Waals surface area contributed by atoms with Crippen LogP contribution in [0.25, 0.3) is 0 Å². The van der Waals surface area contributed by atoms with E-state index in [1.165, 1.54) is 6.07 Å². The molecular weight excluding hydrogens is 244 g/mol. The summed E-state index contributed by atoms with van der Waals surface area (Å²) < 4.78 is 0. The molecule has 1 rings (SSSR count). The topological polar surface area (TPSA) is 72.2 Å². The summed E-state index contributed by atoms with van der Waals surface area (Å²) in [5, 5.41) is 13.3. The van der Waals surface area contributed by atoms with E-state index in [0.29, 0.717) is 6.41 Å². The number of amides is 1. The molecule has 0 bridgehead atoms. The largest absolute Gasteiger partial charge is 0.322 e. The number of benzene rings is 1. The van der Waals surface area contributed by atoms with E-state index in [4.69, 9.17) is 11.6 Å². The van der Waals surface area contributed by atoms with E-state index in [-0.39, 0.29) is 21.8 Å². The van der Waals surface area contributed by atoms with Crippen LogP contribution in [0.4, 0.5) is 11.4 Å². The number of rotatable bonds is 3. The molecule has 17 heavy (non-hydrogen) atoms. The lowest BCUT2D eigenvalue weighted by molar-refractivity contribution is -0.384. The van der Waals surface area contributed by atoms with Crippen molar-refractivity contribution in [3.63, 3.8) is 0 Å². The normalized spacial score (nSPS) is 11.1. The molecule has 6 heteroatoms. The monoisotopic (exact) mass is 256 g/mol. The predicted molar refractivity (Wildman–Crippen MR) is 66.5 cm³/mol. The van der Waals surface area contributed by atoms with E-state index >= 15 is 0 Å². The summed E-state index contributed by atoms with van der Waals surface area (Å²) in [5.74, 6) is 0. The molecule has 1 aromatic carbocycles. The van der Waals surface area contributed by atoms with Crippen molar-refractivity contribution in [3.8, 4) is 0 Å². The number of halogens is 1. The third-order valence-corrected chi connectivity index (χ3v) is 2.63. The number of carbonyl (C=O) groups excluding carboxylic acids is 1. The van der Waals surface area contributed by atoms with E-state index < -0.39 is 4.92 Å². The van der Waals surface area contributed by atoms with Gasteiger partial charge in [-0.05, 0) is 17.0 Å². The van der Waals surface area contributed by atoms with Crippen molar-refractivity contribution in [2.45, 2.75) is 26.2 Å². The number of hydrogen-bond acceptors (Lipinski definition) is 3. The van der Waals surface area contributed by atoms with E-state index in [0.717, 1.165) is 5.56 Å². The van der Waals surface area contributed by atoms with Crippen LogP contribution in [0.1, 0.15) is 26.3 Å². The zero-order chi connectivity index (χ0) is 13.2. The predicted octanol–water partition coefficient (Wildman–Crippen LogP) is 3.11. The number of nitro groups is 1. The molecule has 0 aliphatic heterocycles. The maximum Gasteiger partial charge on any atom is 0.294 e. The van der Waals surface area contributed by atoms with Gasteiger partial charge in [-0.1, -0.05) is 32.4 Å². The highest BCUT2D eigenvalue weighted by atomic mass is 35.5. The lowest BCUT2D eigenvalue weighted by atomic mass is 9.86. The Labute approximate surface area is 104 Å². The van der Waals surface area contributed by atoms with Gasteiger partial charge in [0.25, 0.3) is 5.69 Å². The van der Waals surface area contributed by atoms with Gasteiger partial charge in [0, 0.05) is 6.07 Å². The van der Waals surface area contributed by atoms with Crippen LogP contribution in [0.2, 0.25) is 5.02 Å². The second-order valence-electron chi connectivity index (χ2n) is 4.62. The summed E-state index contributed by atoms with van der Waals surface area (Å²) in [7, 11) is 0. The molecule has 0 saturated heterocycles. The summed E-state index contributed by atoms with van der Waals surface area (Å²) in [6.45, 7) is 5.78. The molecule has 0 aliphatic carbocycles. The number of nitrogens with zero attached hydrogens (tertiary/aromatic N) is 1. The first kappa shape index (κ1) is 13.4. The maximum atomic E-state index is 10.9. The van der Waals surface area contributed by atoms with Crippen LogP contribution in [0.3, 0.4) is 0 Å². The standard InChI is InChI=1S/C11H13ClN2O3/c1-11(2,3)7-4-8(12)10(13-6-15)9(5-7)14(16)17/h4-6H,1-3H3,(H,13,15). The second kappa shape index (κ2) is 4.71. The van der Waals surface area contributed by atoms with Crippen molar-refractivity contribution >= 4 is 29.4 Å². The van der Waals surface area contributed by atoms with E-state index in [1.807, 2.05) is 20.8 Å². The van der Waals surface area contributed by atoms with Crippen molar-refractivity contribution in [1.29, 1.82) is 0 Å². The van der Waals surface area contributed by atoms with Crippen LogP contribution >= 0.6 is 11.6 Å². The molecule has 0 radical (unpaired) electrons. The van der Waals surface area contributed by atoms with Gasteiger partial charge in [0.1, 0.15) is 5.69 Å². The van der Waals surface area contributed by atoms with Gasteiger partial charge in [0.05, 0.1) is 9.95 Å². The van der Waals surface area contributed by atoms with Gasteiger partial charge < -0.3 is 5.32 Å². The number of anilines is 1. The molecule has 0 aromatic heterocycles. The highest BCUT2D eigenvalue weighted by Crippen LogP contribution is 2.37. The van der Waals surface area contributed by atoms with Gasteiger partial charge in [0.2, 0.25) is 6.41 Å². The van der Waals surface area contributed by atoms with Gasteiger partial charge in [-0.15, -0.1) is 0 Å². The minimum Gasteiger partial charge on any atom is -0.322 e. The maximum absolute atomic E-state index is 10.9. The molecule has 0 spiro atoms. The fourth-order valence-electron chi connectivity index (χ4n) is 1.37. The minimum atomic E-state index is -0.563. The Morgan fingerprint density at radius 2 is 2.00 bits per heavy atom. The zero-order valence-electron chi connectivity index (χ0n) is 9.78. The molecular formula is C11H13ClN2O3. The summed E-state index contributed by atoms with van der Waals surface area (Å²) in [6.07, 6.45) is 0.366. The number of nitro benzene ring substituents is 1. The molecule has 5 nitrogen and oxygen atoms in total. The van der Waals surface area contributed by atoms with E-state index in [9.17, 15) is 14.9 Å². The molecule has 0 atom stereocenters. The Morgan fingerprint density at radius 3 is 2.41 bits per heavy atom. The Bertz CT molecular complexity index is 467. The Balaban J connectivity index is 3.46. The first-order valence-corrected chi connectivity index (χ1v) is 5.33. The fraction of sp³-hybridized carbons (Fsp3) is 0.364. The number of hydrogen-bond donors (Lipinski definition) is 1. The van der Waals surface area contributed by atoms with Gasteiger partial charge in [0.15, 0.2) is 0 Å². The summed E-state index contributed by atoms with van der Waals surface area (Å²) in [6, 6.07) is 3.05. The quantitative estimate of drug-likeness (QED) is 0.513. The summed E-state index contributed by atoms with van der Waals surface area (Å²) in [5.41, 5.74) is 0.313. The lowest BCUT2D eigenvalue weighted by Gasteiger charge is -2.19. The molecule has 1 amide bonds. The zero-order valence-corrected chi connectivity index (χ0v) is 10.5. The van der Waals surface area contributed by atoms with Crippen molar-refractivity contribution in [2.75, 3.05) is 5.32 Å². The number of nitrogens with one attached hydrogen (secondary N) is 1. The molecule has 0 saturated carbocycles. The first-order chi connectivity index (χ1) is 7.77. The Morgan fingerprint density at radius 1 is 1.41 bits per heavy atom. The van der Waals surface area contributed by atoms with Crippen LogP contribution in [0, 0.1) is 10.1 Å². The van der Waals surface area contributed by atoms with Crippen LogP contribution in [0.15, 0.2) is 12.1 Å². The van der Waals surface area contributed by atoms with Crippen molar-refractivity contribution in [2.24, 2.45) is 0 Å². The average molecular weight is 257 g/mol. The van der Waals surface area contributed by atoms with Crippen molar-refractivity contribution < 1.29 is 9.72 Å². The SMILES string of the molecule is CC(C)(C)c1cc(Cl)c(NC=O)c([N+](=O)[O-])c1. The highest BCUT2D eigenvalue weighted by Gasteiger charge is 2.23. The van der Waals surface area contributed by atoms with Crippen LogP contribution in [0.5, 0.6) is 0 Å². The van der Waals surface area contributed by atoms with Crippen LogP contribution < -0.4 is 5.32 Å². The molecule has 0 fully saturated rings. The summed E-state index contributed by atoms with van der Waals surface area (Å²) >= 11 is 5.94. The van der Waals surface area contributed by atoms with Crippen molar-refractivity contribution in [1.82, 2.24) is 0 Å². The highest BCUT2D eigenvalue weighted by molar-refractivity contribution is 6.34. The van der Waals surface area contributed by atoms with Crippen LogP contribution in [-0.2, 0) is 10.2 Å². The smallest absolute Gasteiger partial charge is 0.294 e. The third-order valence-electron chi connectivity index (χ3n) is 2.34. The van der Waals surface area contributed by atoms with Gasteiger partial charge in [-0.2, -0.15) is 0 Å². The third kappa shape index (κ3) is 2.94. The van der Waals surface area contributed by atoms with E-state index in [1.54, 1.807) is 6.07 Å². The number of carbonyl (C=O) groups is 1. The van der Waals surface area contributed by atoms with Crippen LogP contribution in [-0.4, -0.2) is 11.3 Å². The van der Waals surface area contributed by atoms with E-state index in [2.05, 4.69) is 5.32 Å². The molecule has 92 valence electrons. The summed E-state index contributed by atoms with van der Waals surface area (Å²) in [4.78, 5) is 20.7. The average Bonchev–Trinajstić information content (AvgIpc) is 2.18. The minimum absolute atomic E-state index is 0.0275. The van der Waals surface area contributed by atoms with Gasteiger partial charge in [-0.25, -0.2) is 0 Å². The molecule has 0 aliphatic rings. The molecule has 1 aromatic rings. The molecule has 1 N–H and O–H groups in total. The Hall–Kier alpha value is -1.62.